The van der Waals surface area contributed by atoms with Gasteiger partial charge < -0.3 is 15.7 Å². The summed E-state index contributed by atoms with van der Waals surface area (Å²) in [6.45, 7) is 4.38. The molecule has 1 heterocycles. The minimum Gasteiger partial charge on any atom is -0.388 e. The Labute approximate surface area is 107 Å². The molecule has 4 nitrogen and oxygen atoms in total. The summed E-state index contributed by atoms with van der Waals surface area (Å²) in [5, 5.41) is 9.92. The number of likely N-dealkylation sites (tertiary alicyclic amines) is 1. The molecule has 0 radical (unpaired) electrons. The van der Waals surface area contributed by atoms with Gasteiger partial charge in [-0.25, -0.2) is 0 Å². The summed E-state index contributed by atoms with van der Waals surface area (Å²) in [6, 6.07) is 9.34. The lowest BCUT2D eigenvalue weighted by molar-refractivity contribution is -0.136. The lowest BCUT2D eigenvalue weighted by atomic mass is 9.91. The Hall–Kier alpha value is -1.39. The number of nitrogens with two attached hydrogens (primary N) is 1. The van der Waals surface area contributed by atoms with Gasteiger partial charge in [0.1, 0.15) is 5.54 Å². The molecule has 1 saturated heterocycles. The van der Waals surface area contributed by atoms with Gasteiger partial charge in [-0.1, -0.05) is 30.3 Å². The molecule has 0 aliphatic carbocycles. The van der Waals surface area contributed by atoms with Gasteiger partial charge in [0.2, 0.25) is 5.91 Å². The Bertz CT molecular complexity index is 440. The fourth-order valence-electron chi connectivity index (χ4n) is 2.35. The van der Waals surface area contributed by atoms with Gasteiger partial charge in [0, 0.05) is 13.1 Å². The van der Waals surface area contributed by atoms with E-state index in [0.717, 1.165) is 5.56 Å². The summed E-state index contributed by atoms with van der Waals surface area (Å²) in [5.74, 6) is -0.133. The van der Waals surface area contributed by atoms with Crippen molar-refractivity contribution < 1.29 is 9.90 Å². The third-order valence-corrected chi connectivity index (χ3v) is 3.56. The minimum absolute atomic E-state index is 0.133. The van der Waals surface area contributed by atoms with E-state index in [9.17, 15) is 9.90 Å². The number of carbonyl (C=O) groups is 1. The van der Waals surface area contributed by atoms with Crippen LogP contribution in [0.1, 0.15) is 25.8 Å². The lowest BCUT2D eigenvalue weighted by Crippen LogP contribution is -2.51. The van der Waals surface area contributed by atoms with Crippen LogP contribution in [-0.2, 0) is 10.3 Å². The Morgan fingerprint density at radius 3 is 2.56 bits per heavy atom. The molecule has 2 unspecified atom stereocenters. The van der Waals surface area contributed by atoms with E-state index >= 15 is 0 Å². The second-order valence-electron chi connectivity index (χ2n) is 5.54. The van der Waals surface area contributed by atoms with Crippen molar-refractivity contribution in [2.45, 2.75) is 31.4 Å². The fourth-order valence-corrected chi connectivity index (χ4v) is 2.35. The number of rotatable bonds is 2. The molecular weight excluding hydrogens is 228 g/mol. The highest BCUT2D eigenvalue weighted by Gasteiger charge is 2.40. The largest absolute Gasteiger partial charge is 0.388 e. The summed E-state index contributed by atoms with van der Waals surface area (Å²) < 4.78 is 0. The predicted octanol–water partition coefficient (Wildman–Crippen LogP) is 0.844. The Balaban J connectivity index is 2.19. The van der Waals surface area contributed by atoms with Crippen LogP contribution in [0.25, 0.3) is 0 Å². The average molecular weight is 248 g/mol. The van der Waals surface area contributed by atoms with Gasteiger partial charge in [-0.15, -0.1) is 0 Å². The maximum atomic E-state index is 12.4. The molecule has 0 aromatic heterocycles. The van der Waals surface area contributed by atoms with Crippen molar-refractivity contribution in [1.29, 1.82) is 0 Å². The molecule has 1 aromatic carbocycles. The molecule has 2 atom stereocenters. The van der Waals surface area contributed by atoms with E-state index in [2.05, 4.69) is 0 Å². The van der Waals surface area contributed by atoms with Crippen molar-refractivity contribution in [3.63, 3.8) is 0 Å². The quantitative estimate of drug-likeness (QED) is 0.815. The van der Waals surface area contributed by atoms with E-state index in [0.29, 0.717) is 19.5 Å². The van der Waals surface area contributed by atoms with E-state index in [1.807, 2.05) is 30.3 Å². The van der Waals surface area contributed by atoms with Crippen LogP contribution in [0.2, 0.25) is 0 Å². The number of hydrogen-bond acceptors (Lipinski definition) is 3. The smallest absolute Gasteiger partial charge is 0.247 e. The van der Waals surface area contributed by atoms with Crippen molar-refractivity contribution in [3.05, 3.63) is 35.9 Å². The average Bonchev–Trinajstić information content (AvgIpc) is 2.69. The first-order chi connectivity index (χ1) is 8.33. The van der Waals surface area contributed by atoms with Gasteiger partial charge >= 0.3 is 0 Å². The van der Waals surface area contributed by atoms with Crippen molar-refractivity contribution in [1.82, 2.24) is 4.90 Å². The molecule has 1 aliphatic heterocycles. The molecule has 1 aromatic rings. The number of amides is 1. The third kappa shape index (κ3) is 2.40. The van der Waals surface area contributed by atoms with Crippen LogP contribution in [0.5, 0.6) is 0 Å². The predicted molar refractivity (Wildman–Crippen MR) is 69.8 cm³/mol. The number of nitrogens with zero attached hydrogens (tertiary/aromatic N) is 1. The van der Waals surface area contributed by atoms with E-state index < -0.39 is 11.1 Å². The van der Waals surface area contributed by atoms with Crippen molar-refractivity contribution in [3.8, 4) is 0 Å². The molecule has 4 heteroatoms. The summed E-state index contributed by atoms with van der Waals surface area (Å²) in [4.78, 5) is 14.1. The van der Waals surface area contributed by atoms with Crippen LogP contribution < -0.4 is 5.73 Å². The van der Waals surface area contributed by atoms with Gasteiger partial charge in [0.05, 0.1) is 5.60 Å². The molecule has 1 fully saturated rings. The minimum atomic E-state index is -1.04. The molecule has 0 spiro atoms. The van der Waals surface area contributed by atoms with Crippen LogP contribution >= 0.6 is 0 Å². The van der Waals surface area contributed by atoms with Crippen molar-refractivity contribution >= 4 is 5.91 Å². The highest BCUT2D eigenvalue weighted by molar-refractivity contribution is 5.87. The van der Waals surface area contributed by atoms with Gasteiger partial charge in [-0.3, -0.25) is 4.79 Å². The SMILES string of the molecule is CC1(O)CCN(C(=O)C(C)(N)c2ccccc2)C1. The first kappa shape index (κ1) is 13.1. The normalized spacial score (nSPS) is 27.0. The van der Waals surface area contributed by atoms with Gasteiger partial charge in [-0.05, 0) is 25.8 Å². The van der Waals surface area contributed by atoms with Gasteiger partial charge in [0.25, 0.3) is 0 Å². The first-order valence-corrected chi connectivity index (χ1v) is 6.19. The van der Waals surface area contributed by atoms with E-state index in [4.69, 9.17) is 5.73 Å². The Morgan fingerprint density at radius 2 is 2.06 bits per heavy atom. The monoisotopic (exact) mass is 248 g/mol. The zero-order chi connectivity index (χ0) is 13.4. The third-order valence-electron chi connectivity index (χ3n) is 3.56. The molecule has 0 saturated carbocycles. The van der Waals surface area contributed by atoms with Crippen LogP contribution in [0.15, 0.2) is 30.3 Å². The fraction of sp³-hybridized carbons (Fsp3) is 0.500. The lowest BCUT2D eigenvalue weighted by Gasteiger charge is -2.30. The number of benzene rings is 1. The van der Waals surface area contributed by atoms with Gasteiger partial charge in [-0.2, -0.15) is 0 Å². The van der Waals surface area contributed by atoms with Crippen molar-refractivity contribution in [2.75, 3.05) is 13.1 Å². The summed E-state index contributed by atoms with van der Waals surface area (Å²) in [6.07, 6.45) is 0.601. The molecule has 2 rings (SSSR count). The molecular formula is C14H20N2O2. The van der Waals surface area contributed by atoms with E-state index in [1.165, 1.54) is 0 Å². The Morgan fingerprint density at radius 1 is 1.44 bits per heavy atom. The molecule has 18 heavy (non-hydrogen) atoms. The highest BCUT2D eigenvalue weighted by Crippen LogP contribution is 2.26. The summed E-state index contributed by atoms with van der Waals surface area (Å²) in [7, 11) is 0. The molecule has 98 valence electrons. The second-order valence-corrected chi connectivity index (χ2v) is 5.54. The van der Waals surface area contributed by atoms with Crippen LogP contribution in [0.4, 0.5) is 0 Å². The zero-order valence-electron chi connectivity index (χ0n) is 10.9. The molecule has 3 N–H and O–H groups in total. The summed E-state index contributed by atoms with van der Waals surface area (Å²) >= 11 is 0. The maximum absolute atomic E-state index is 12.4. The maximum Gasteiger partial charge on any atom is 0.247 e. The van der Waals surface area contributed by atoms with E-state index in [-0.39, 0.29) is 5.91 Å². The number of hydrogen-bond donors (Lipinski definition) is 2. The van der Waals surface area contributed by atoms with E-state index in [1.54, 1.807) is 18.7 Å². The number of β-amino-alcohol motifs (C(OH)–C–C–N with tert-alkyl or cyclic N) is 1. The highest BCUT2D eigenvalue weighted by atomic mass is 16.3. The van der Waals surface area contributed by atoms with Crippen molar-refractivity contribution in [2.24, 2.45) is 5.73 Å². The molecule has 1 amide bonds. The van der Waals surface area contributed by atoms with Crippen LogP contribution in [-0.4, -0.2) is 34.6 Å². The second kappa shape index (κ2) is 4.37. The molecule has 0 bridgehead atoms. The zero-order valence-corrected chi connectivity index (χ0v) is 10.9. The van der Waals surface area contributed by atoms with Gasteiger partial charge in [0.15, 0.2) is 0 Å². The first-order valence-electron chi connectivity index (χ1n) is 6.19. The summed E-state index contributed by atoms with van der Waals surface area (Å²) in [5.41, 5.74) is 5.14. The number of carbonyl (C=O) groups excluding carboxylic acids is 1. The van der Waals surface area contributed by atoms with Crippen LogP contribution in [0.3, 0.4) is 0 Å². The van der Waals surface area contributed by atoms with Crippen LogP contribution in [0, 0.1) is 0 Å². The number of aliphatic hydroxyl groups is 1. The standard InChI is InChI=1S/C14H20N2O2/c1-13(18)8-9-16(10-13)12(17)14(2,15)11-6-4-3-5-7-11/h3-7,18H,8-10,15H2,1-2H3. The molecule has 1 aliphatic rings. The topological polar surface area (TPSA) is 66.6 Å². The Kier molecular flexibility index (Phi) is 3.17.